The van der Waals surface area contributed by atoms with Gasteiger partial charge in [-0.15, -0.1) is 0 Å². The molecule has 0 saturated heterocycles. The van der Waals surface area contributed by atoms with Crippen LogP contribution in [0, 0.1) is 5.92 Å². The molecule has 13 heavy (non-hydrogen) atoms. The summed E-state index contributed by atoms with van der Waals surface area (Å²) in [7, 11) is 0. The van der Waals surface area contributed by atoms with Crippen molar-refractivity contribution in [1.29, 1.82) is 0 Å². The number of rotatable bonds is 6. The van der Waals surface area contributed by atoms with E-state index < -0.39 is 0 Å². The van der Waals surface area contributed by atoms with E-state index in [2.05, 4.69) is 19.2 Å². The lowest BCUT2D eigenvalue weighted by Gasteiger charge is -2.24. The van der Waals surface area contributed by atoms with Crippen LogP contribution in [-0.2, 0) is 0 Å². The fourth-order valence-electron chi connectivity index (χ4n) is 2.50. The third kappa shape index (κ3) is 3.68. The molecule has 1 aliphatic carbocycles. The number of nitrogens with one attached hydrogen (secondary N) is 1. The van der Waals surface area contributed by atoms with Gasteiger partial charge in [-0.25, -0.2) is 0 Å². The quantitative estimate of drug-likeness (QED) is 0.666. The van der Waals surface area contributed by atoms with E-state index in [9.17, 15) is 0 Å². The van der Waals surface area contributed by atoms with E-state index in [4.69, 9.17) is 0 Å². The van der Waals surface area contributed by atoms with Gasteiger partial charge in [-0.1, -0.05) is 33.1 Å². The molecule has 0 aromatic carbocycles. The van der Waals surface area contributed by atoms with Crippen molar-refractivity contribution in [3.63, 3.8) is 0 Å². The molecule has 1 heteroatoms. The molecule has 0 aromatic heterocycles. The van der Waals surface area contributed by atoms with Crippen molar-refractivity contribution >= 4 is 0 Å². The van der Waals surface area contributed by atoms with Crippen molar-refractivity contribution in [2.24, 2.45) is 5.92 Å². The predicted molar refractivity (Wildman–Crippen MR) is 58.9 cm³/mol. The van der Waals surface area contributed by atoms with Crippen LogP contribution in [0.3, 0.4) is 0 Å². The summed E-state index contributed by atoms with van der Waals surface area (Å²) in [5.41, 5.74) is 0. The van der Waals surface area contributed by atoms with Crippen molar-refractivity contribution in [2.75, 3.05) is 6.54 Å². The molecule has 0 radical (unpaired) electrons. The van der Waals surface area contributed by atoms with Crippen LogP contribution in [0.1, 0.15) is 58.8 Å². The van der Waals surface area contributed by atoms with Gasteiger partial charge in [0, 0.05) is 6.04 Å². The maximum atomic E-state index is 3.71. The molecule has 1 atom stereocenters. The molecule has 1 rings (SSSR count). The predicted octanol–water partition coefficient (Wildman–Crippen LogP) is 3.34. The Kier molecular flexibility index (Phi) is 5.45. The fourth-order valence-corrected chi connectivity index (χ4v) is 2.50. The first-order valence-corrected chi connectivity index (χ1v) is 6.11. The van der Waals surface area contributed by atoms with Crippen LogP contribution < -0.4 is 5.32 Å². The lowest BCUT2D eigenvalue weighted by atomic mass is 9.94. The van der Waals surface area contributed by atoms with Gasteiger partial charge < -0.3 is 5.32 Å². The Bertz CT molecular complexity index is 116. The van der Waals surface area contributed by atoms with Gasteiger partial charge in [0.25, 0.3) is 0 Å². The Labute approximate surface area is 83.3 Å². The smallest absolute Gasteiger partial charge is 0.00952 e. The van der Waals surface area contributed by atoms with Crippen LogP contribution >= 0.6 is 0 Å². The molecule has 0 spiro atoms. The monoisotopic (exact) mass is 183 g/mol. The average molecular weight is 183 g/mol. The van der Waals surface area contributed by atoms with Gasteiger partial charge in [0.2, 0.25) is 0 Å². The van der Waals surface area contributed by atoms with E-state index in [1.165, 1.54) is 51.5 Å². The van der Waals surface area contributed by atoms with Gasteiger partial charge in [0.05, 0.1) is 0 Å². The van der Waals surface area contributed by atoms with Crippen molar-refractivity contribution < 1.29 is 0 Å². The van der Waals surface area contributed by atoms with E-state index in [1.54, 1.807) is 0 Å². The van der Waals surface area contributed by atoms with Crippen molar-refractivity contribution in [2.45, 2.75) is 64.8 Å². The molecule has 1 fully saturated rings. The Balaban J connectivity index is 2.26. The van der Waals surface area contributed by atoms with Crippen molar-refractivity contribution in [3.8, 4) is 0 Å². The summed E-state index contributed by atoms with van der Waals surface area (Å²) in [6, 6.07) is 0.826. The SMILES string of the molecule is CCCNC(CCC)C1CCCC1. The number of hydrogen-bond donors (Lipinski definition) is 1. The summed E-state index contributed by atoms with van der Waals surface area (Å²) in [6.45, 7) is 5.77. The molecule has 1 saturated carbocycles. The lowest BCUT2D eigenvalue weighted by Crippen LogP contribution is -2.35. The minimum atomic E-state index is 0.826. The molecule has 0 aliphatic heterocycles. The Hall–Kier alpha value is -0.0400. The van der Waals surface area contributed by atoms with Crippen LogP contribution in [0.15, 0.2) is 0 Å². The third-order valence-electron chi connectivity index (χ3n) is 3.23. The van der Waals surface area contributed by atoms with Gasteiger partial charge >= 0.3 is 0 Å². The van der Waals surface area contributed by atoms with E-state index in [-0.39, 0.29) is 0 Å². The minimum Gasteiger partial charge on any atom is -0.314 e. The van der Waals surface area contributed by atoms with Crippen LogP contribution in [-0.4, -0.2) is 12.6 Å². The second kappa shape index (κ2) is 6.42. The molecular formula is C12H25N. The second-order valence-corrected chi connectivity index (χ2v) is 4.39. The first kappa shape index (κ1) is 11.0. The van der Waals surface area contributed by atoms with Crippen LogP contribution in [0.5, 0.6) is 0 Å². The number of hydrogen-bond acceptors (Lipinski definition) is 1. The zero-order valence-electron chi connectivity index (χ0n) is 9.31. The fraction of sp³-hybridized carbons (Fsp3) is 1.00. The largest absolute Gasteiger partial charge is 0.314 e. The van der Waals surface area contributed by atoms with E-state index in [0.717, 1.165) is 12.0 Å². The summed E-state index contributed by atoms with van der Waals surface area (Å²) < 4.78 is 0. The second-order valence-electron chi connectivity index (χ2n) is 4.39. The molecular weight excluding hydrogens is 158 g/mol. The zero-order chi connectivity index (χ0) is 9.52. The maximum Gasteiger partial charge on any atom is 0.00952 e. The molecule has 1 nitrogen and oxygen atoms in total. The molecule has 0 bridgehead atoms. The van der Waals surface area contributed by atoms with Gasteiger partial charge in [-0.2, -0.15) is 0 Å². The standard InChI is InChI=1S/C12H25N/c1-3-7-12(13-10-4-2)11-8-5-6-9-11/h11-13H,3-10H2,1-2H3. The van der Waals surface area contributed by atoms with Crippen LogP contribution in [0.4, 0.5) is 0 Å². The Morgan fingerprint density at radius 1 is 1.15 bits per heavy atom. The molecule has 0 amide bonds. The lowest BCUT2D eigenvalue weighted by molar-refractivity contribution is 0.338. The highest BCUT2D eigenvalue weighted by Crippen LogP contribution is 2.29. The van der Waals surface area contributed by atoms with Crippen molar-refractivity contribution in [3.05, 3.63) is 0 Å². The van der Waals surface area contributed by atoms with Gasteiger partial charge in [0.15, 0.2) is 0 Å². The molecule has 0 heterocycles. The van der Waals surface area contributed by atoms with Crippen LogP contribution in [0.25, 0.3) is 0 Å². The van der Waals surface area contributed by atoms with Gasteiger partial charge in [0.1, 0.15) is 0 Å². The van der Waals surface area contributed by atoms with Gasteiger partial charge in [-0.3, -0.25) is 0 Å². The Morgan fingerprint density at radius 3 is 2.38 bits per heavy atom. The summed E-state index contributed by atoms with van der Waals surface area (Å²) in [5, 5.41) is 3.71. The molecule has 78 valence electrons. The molecule has 1 unspecified atom stereocenters. The molecule has 1 aliphatic rings. The van der Waals surface area contributed by atoms with E-state index in [0.29, 0.717) is 0 Å². The van der Waals surface area contributed by atoms with Crippen LogP contribution in [0.2, 0.25) is 0 Å². The maximum absolute atomic E-state index is 3.71. The normalized spacial score (nSPS) is 20.8. The highest BCUT2D eigenvalue weighted by Gasteiger charge is 2.23. The summed E-state index contributed by atoms with van der Waals surface area (Å²) >= 11 is 0. The Morgan fingerprint density at radius 2 is 1.85 bits per heavy atom. The topological polar surface area (TPSA) is 12.0 Å². The third-order valence-corrected chi connectivity index (χ3v) is 3.23. The molecule has 1 N–H and O–H groups in total. The average Bonchev–Trinajstić information content (AvgIpc) is 2.65. The summed E-state index contributed by atoms with van der Waals surface area (Å²) in [5.74, 6) is 0.992. The zero-order valence-corrected chi connectivity index (χ0v) is 9.31. The van der Waals surface area contributed by atoms with E-state index in [1.807, 2.05) is 0 Å². The summed E-state index contributed by atoms with van der Waals surface area (Å²) in [6.07, 6.45) is 9.87. The highest BCUT2D eigenvalue weighted by molar-refractivity contribution is 4.80. The molecule has 0 aromatic rings. The first-order chi connectivity index (χ1) is 6.38. The minimum absolute atomic E-state index is 0.826. The first-order valence-electron chi connectivity index (χ1n) is 6.11. The van der Waals surface area contributed by atoms with Gasteiger partial charge in [-0.05, 0) is 38.1 Å². The van der Waals surface area contributed by atoms with E-state index >= 15 is 0 Å². The highest BCUT2D eigenvalue weighted by atomic mass is 14.9. The van der Waals surface area contributed by atoms with Crippen molar-refractivity contribution in [1.82, 2.24) is 5.32 Å². The summed E-state index contributed by atoms with van der Waals surface area (Å²) in [4.78, 5) is 0.